The van der Waals surface area contributed by atoms with Crippen molar-refractivity contribution >= 4 is 33.4 Å². The van der Waals surface area contributed by atoms with Gasteiger partial charge in [-0.2, -0.15) is 0 Å². The van der Waals surface area contributed by atoms with Gasteiger partial charge in [0.05, 0.1) is 10.6 Å². The summed E-state index contributed by atoms with van der Waals surface area (Å²) in [7, 11) is 0. The molecule has 0 spiro atoms. The van der Waals surface area contributed by atoms with E-state index in [0.717, 1.165) is 25.7 Å². The Bertz CT molecular complexity index is 473. The second-order valence-electron chi connectivity index (χ2n) is 5.10. The molecule has 104 valence electrons. The van der Waals surface area contributed by atoms with Crippen LogP contribution < -0.4 is 5.32 Å². The van der Waals surface area contributed by atoms with Crippen LogP contribution >= 0.6 is 27.5 Å². The average molecular weight is 347 g/mol. The Hall–Kier alpha value is -0.580. The molecule has 19 heavy (non-hydrogen) atoms. The minimum atomic E-state index is -0.739. The Morgan fingerprint density at radius 1 is 1.37 bits per heavy atom. The third-order valence-electron chi connectivity index (χ3n) is 3.54. The van der Waals surface area contributed by atoms with Crippen molar-refractivity contribution in [2.24, 2.45) is 0 Å². The van der Waals surface area contributed by atoms with E-state index in [0.29, 0.717) is 21.6 Å². The molecule has 5 heteroatoms. The Kier molecular flexibility index (Phi) is 4.87. The first-order valence-electron chi connectivity index (χ1n) is 6.46. The van der Waals surface area contributed by atoms with Crippen LogP contribution in [0.2, 0.25) is 5.02 Å². The lowest BCUT2D eigenvalue weighted by Gasteiger charge is -2.32. The first-order chi connectivity index (χ1) is 9.00. The van der Waals surface area contributed by atoms with E-state index < -0.39 is 5.60 Å². The first-order valence-corrected chi connectivity index (χ1v) is 7.63. The van der Waals surface area contributed by atoms with Crippen LogP contribution in [0.25, 0.3) is 0 Å². The van der Waals surface area contributed by atoms with Crippen molar-refractivity contribution < 1.29 is 9.90 Å². The van der Waals surface area contributed by atoms with Crippen molar-refractivity contribution in [1.29, 1.82) is 0 Å². The van der Waals surface area contributed by atoms with Crippen LogP contribution in [-0.4, -0.2) is 23.2 Å². The fraction of sp³-hybridized carbons (Fsp3) is 0.500. The second kappa shape index (κ2) is 6.25. The summed E-state index contributed by atoms with van der Waals surface area (Å²) in [5.74, 6) is -0.184. The number of benzene rings is 1. The summed E-state index contributed by atoms with van der Waals surface area (Å²) in [6, 6.07) is 5.03. The molecule has 0 saturated heterocycles. The molecule has 0 atom stereocenters. The van der Waals surface area contributed by atoms with E-state index in [1.807, 2.05) is 0 Å². The molecule has 1 aromatic rings. The fourth-order valence-electron chi connectivity index (χ4n) is 2.37. The summed E-state index contributed by atoms with van der Waals surface area (Å²) in [6.07, 6.45) is 4.74. The van der Waals surface area contributed by atoms with Crippen LogP contribution in [0.4, 0.5) is 0 Å². The third-order valence-corrected chi connectivity index (χ3v) is 4.76. The van der Waals surface area contributed by atoms with Gasteiger partial charge in [0.2, 0.25) is 0 Å². The summed E-state index contributed by atoms with van der Waals surface area (Å²) in [5.41, 5.74) is -0.201. The van der Waals surface area contributed by atoms with Gasteiger partial charge < -0.3 is 10.4 Å². The highest BCUT2D eigenvalue weighted by molar-refractivity contribution is 9.10. The van der Waals surface area contributed by atoms with E-state index in [1.54, 1.807) is 18.2 Å². The van der Waals surface area contributed by atoms with E-state index in [-0.39, 0.29) is 5.91 Å². The number of hydrogen-bond acceptors (Lipinski definition) is 2. The van der Waals surface area contributed by atoms with E-state index in [1.165, 1.54) is 6.42 Å². The normalized spacial score (nSPS) is 18.1. The highest BCUT2D eigenvalue weighted by Gasteiger charge is 2.29. The van der Waals surface area contributed by atoms with E-state index in [4.69, 9.17) is 11.6 Å². The van der Waals surface area contributed by atoms with Crippen molar-refractivity contribution in [3.63, 3.8) is 0 Å². The quantitative estimate of drug-likeness (QED) is 0.879. The SMILES string of the molecule is O=C(NCC1(O)CCCCC1)c1ccc(Cl)c(Br)c1. The average Bonchev–Trinajstić information content (AvgIpc) is 2.40. The predicted molar refractivity (Wildman–Crippen MR) is 79.5 cm³/mol. The summed E-state index contributed by atoms with van der Waals surface area (Å²) in [6.45, 7) is 0.312. The van der Waals surface area contributed by atoms with Gasteiger partial charge in [0, 0.05) is 16.6 Å². The van der Waals surface area contributed by atoms with E-state index >= 15 is 0 Å². The van der Waals surface area contributed by atoms with Crippen LogP contribution in [-0.2, 0) is 0 Å². The smallest absolute Gasteiger partial charge is 0.251 e. The number of carbonyl (C=O) groups is 1. The van der Waals surface area contributed by atoms with Crippen molar-refractivity contribution in [3.05, 3.63) is 33.3 Å². The summed E-state index contributed by atoms with van der Waals surface area (Å²) in [4.78, 5) is 12.0. The molecule has 0 aliphatic heterocycles. The molecule has 0 radical (unpaired) electrons. The molecule has 1 aliphatic rings. The number of amides is 1. The van der Waals surface area contributed by atoms with Crippen molar-refractivity contribution in [2.75, 3.05) is 6.54 Å². The Morgan fingerprint density at radius 3 is 2.68 bits per heavy atom. The Morgan fingerprint density at radius 2 is 2.05 bits per heavy atom. The van der Waals surface area contributed by atoms with Gasteiger partial charge in [-0.1, -0.05) is 30.9 Å². The predicted octanol–water partition coefficient (Wildman–Crippen LogP) is 3.53. The number of rotatable bonds is 3. The van der Waals surface area contributed by atoms with Gasteiger partial charge in [-0.3, -0.25) is 4.79 Å². The maximum Gasteiger partial charge on any atom is 0.251 e. The lowest BCUT2D eigenvalue weighted by atomic mass is 9.85. The number of hydrogen-bond donors (Lipinski definition) is 2. The molecule has 2 N–H and O–H groups in total. The first kappa shape index (κ1) is 14.8. The molecule has 1 amide bonds. The molecule has 1 fully saturated rings. The molecular weight excluding hydrogens is 330 g/mol. The third kappa shape index (κ3) is 3.94. The minimum absolute atomic E-state index is 0.184. The lowest BCUT2D eigenvalue weighted by Crippen LogP contribution is -2.44. The lowest BCUT2D eigenvalue weighted by molar-refractivity contribution is 0.00525. The molecule has 0 aromatic heterocycles. The maximum absolute atomic E-state index is 12.0. The topological polar surface area (TPSA) is 49.3 Å². The van der Waals surface area contributed by atoms with Gasteiger partial charge in [0.15, 0.2) is 0 Å². The standard InChI is InChI=1S/C14H17BrClNO2/c15-11-8-10(4-5-12(11)16)13(18)17-9-14(19)6-2-1-3-7-14/h4-5,8,19H,1-3,6-7,9H2,(H,17,18). The molecule has 1 saturated carbocycles. The largest absolute Gasteiger partial charge is 0.388 e. The van der Waals surface area contributed by atoms with Gasteiger partial charge in [0.25, 0.3) is 5.91 Å². The molecule has 3 nitrogen and oxygen atoms in total. The Labute approximate surface area is 126 Å². The molecule has 0 heterocycles. The highest BCUT2D eigenvalue weighted by Crippen LogP contribution is 2.27. The van der Waals surface area contributed by atoms with Crippen LogP contribution in [0.3, 0.4) is 0 Å². The second-order valence-corrected chi connectivity index (χ2v) is 6.36. The zero-order valence-electron chi connectivity index (χ0n) is 10.6. The number of halogens is 2. The molecule has 2 rings (SSSR count). The van der Waals surface area contributed by atoms with E-state index in [9.17, 15) is 9.90 Å². The van der Waals surface area contributed by atoms with Gasteiger partial charge in [0.1, 0.15) is 0 Å². The van der Waals surface area contributed by atoms with Gasteiger partial charge in [-0.25, -0.2) is 0 Å². The number of aliphatic hydroxyl groups is 1. The van der Waals surface area contributed by atoms with Gasteiger partial charge in [-0.15, -0.1) is 0 Å². The molecule has 1 aliphatic carbocycles. The number of carbonyl (C=O) groups excluding carboxylic acids is 1. The number of nitrogens with one attached hydrogen (secondary N) is 1. The van der Waals surface area contributed by atoms with Crippen LogP contribution in [0.15, 0.2) is 22.7 Å². The molecular formula is C14H17BrClNO2. The van der Waals surface area contributed by atoms with Crippen molar-refractivity contribution in [1.82, 2.24) is 5.32 Å². The molecule has 0 bridgehead atoms. The highest BCUT2D eigenvalue weighted by atomic mass is 79.9. The fourth-order valence-corrected chi connectivity index (χ4v) is 2.87. The van der Waals surface area contributed by atoms with Gasteiger partial charge in [-0.05, 0) is 47.0 Å². The maximum atomic E-state index is 12.0. The zero-order chi connectivity index (χ0) is 13.9. The summed E-state index contributed by atoms with van der Waals surface area (Å²) >= 11 is 9.18. The Balaban J connectivity index is 1.95. The van der Waals surface area contributed by atoms with E-state index in [2.05, 4.69) is 21.2 Å². The van der Waals surface area contributed by atoms with Crippen LogP contribution in [0, 0.1) is 0 Å². The van der Waals surface area contributed by atoms with Crippen LogP contribution in [0.5, 0.6) is 0 Å². The monoisotopic (exact) mass is 345 g/mol. The summed E-state index contributed by atoms with van der Waals surface area (Å²) in [5, 5.41) is 13.7. The van der Waals surface area contributed by atoms with Crippen molar-refractivity contribution in [3.8, 4) is 0 Å². The minimum Gasteiger partial charge on any atom is -0.388 e. The van der Waals surface area contributed by atoms with Gasteiger partial charge >= 0.3 is 0 Å². The summed E-state index contributed by atoms with van der Waals surface area (Å²) < 4.78 is 0.693. The zero-order valence-corrected chi connectivity index (χ0v) is 12.9. The van der Waals surface area contributed by atoms with Crippen molar-refractivity contribution in [2.45, 2.75) is 37.7 Å². The van der Waals surface area contributed by atoms with Crippen LogP contribution in [0.1, 0.15) is 42.5 Å². The molecule has 0 unspecified atom stereocenters. The molecule has 1 aromatic carbocycles.